The fourth-order valence-electron chi connectivity index (χ4n) is 4.11. The van der Waals surface area contributed by atoms with Crippen LogP contribution < -0.4 is 10.1 Å². The van der Waals surface area contributed by atoms with Crippen molar-refractivity contribution >= 4 is 33.7 Å². The topological polar surface area (TPSA) is 95.9 Å². The minimum absolute atomic E-state index is 0.0273. The number of para-hydroxylation sites is 1. The summed E-state index contributed by atoms with van der Waals surface area (Å²) in [4.78, 5) is 37.5. The number of carboxylic acid groups (broad SMARTS) is 1. The quantitative estimate of drug-likeness (QED) is 0.172. The standard InChI is InChI=1S/C30H30BrF3N2O5/c1-2-3-4-7-20-10-12-21(13-11-20)17-35-27(37)22-14-15-23(25(31)16-22)18-36(28(38)29(39)40)19-24-8-5-6-9-26(24)41-30(32,33)34/h5-6,8-16H,2-4,7,17-19H2,1H3,(H,35,37)(H,39,40). The van der Waals surface area contributed by atoms with Gasteiger partial charge in [-0.3, -0.25) is 9.59 Å². The van der Waals surface area contributed by atoms with Gasteiger partial charge in [-0.25, -0.2) is 4.79 Å². The average molecular weight is 635 g/mol. The van der Waals surface area contributed by atoms with E-state index in [1.54, 1.807) is 6.07 Å². The number of rotatable bonds is 12. The number of ether oxygens (including phenoxy) is 1. The summed E-state index contributed by atoms with van der Waals surface area (Å²) in [6.07, 6.45) is -0.460. The third-order valence-electron chi connectivity index (χ3n) is 6.25. The van der Waals surface area contributed by atoms with Gasteiger partial charge in [0.05, 0.1) is 6.54 Å². The van der Waals surface area contributed by atoms with Crippen LogP contribution in [-0.2, 0) is 35.6 Å². The molecule has 0 fully saturated rings. The van der Waals surface area contributed by atoms with Gasteiger partial charge in [0.2, 0.25) is 0 Å². The maximum absolute atomic E-state index is 12.8. The van der Waals surface area contributed by atoms with Crippen LogP contribution in [0.25, 0.3) is 0 Å². The molecule has 0 bridgehead atoms. The van der Waals surface area contributed by atoms with Crippen molar-refractivity contribution in [2.45, 2.75) is 58.6 Å². The van der Waals surface area contributed by atoms with E-state index < -0.39 is 30.5 Å². The first-order chi connectivity index (χ1) is 19.5. The second-order valence-electron chi connectivity index (χ2n) is 9.38. The van der Waals surface area contributed by atoms with Crippen LogP contribution in [0.2, 0.25) is 0 Å². The SMILES string of the molecule is CCCCCc1ccc(CNC(=O)c2ccc(CN(Cc3ccccc3OC(F)(F)F)C(=O)C(=O)O)c(Br)c2)cc1. The van der Waals surface area contributed by atoms with Crippen LogP contribution in [0, 0.1) is 0 Å². The van der Waals surface area contributed by atoms with Gasteiger partial charge in [0.1, 0.15) is 5.75 Å². The van der Waals surface area contributed by atoms with Crippen LogP contribution in [0.4, 0.5) is 13.2 Å². The zero-order valence-corrected chi connectivity index (χ0v) is 23.9. The Morgan fingerprint density at radius 3 is 2.22 bits per heavy atom. The van der Waals surface area contributed by atoms with E-state index in [0.29, 0.717) is 22.1 Å². The predicted molar refractivity (Wildman–Crippen MR) is 150 cm³/mol. The summed E-state index contributed by atoms with van der Waals surface area (Å²) >= 11 is 3.36. The van der Waals surface area contributed by atoms with Gasteiger partial charge in [-0.2, -0.15) is 0 Å². The third kappa shape index (κ3) is 9.93. The van der Waals surface area contributed by atoms with E-state index in [1.807, 2.05) is 12.1 Å². The van der Waals surface area contributed by atoms with E-state index in [9.17, 15) is 32.7 Å². The number of alkyl halides is 3. The van der Waals surface area contributed by atoms with E-state index in [4.69, 9.17) is 0 Å². The van der Waals surface area contributed by atoms with Crippen molar-refractivity contribution in [2.24, 2.45) is 0 Å². The van der Waals surface area contributed by atoms with Crippen LogP contribution in [0.15, 0.2) is 71.2 Å². The lowest BCUT2D eigenvalue weighted by Crippen LogP contribution is -2.36. The number of aryl methyl sites for hydroxylation is 1. The number of halogens is 4. The highest BCUT2D eigenvalue weighted by Gasteiger charge is 2.32. The van der Waals surface area contributed by atoms with E-state index >= 15 is 0 Å². The third-order valence-corrected chi connectivity index (χ3v) is 6.99. The van der Waals surface area contributed by atoms with E-state index in [-0.39, 0.29) is 18.0 Å². The molecule has 3 aromatic rings. The van der Waals surface area contributed by atoms with Crippen molar-refractivity contribution in [1.29, 1.82) is 0 Å². The zero-order chi connectivity index (χ0) is 30.0. The highest BCUT2D eigenvalue weighted by atomic mass is 79.9. The molecule has 0 aromatic heterocycles. The first-order valence-electron chi connectivity index (χ1n) is 13.0. The number of nitrogens with zero attached hydrogens (tertiary/aromatic N) is 1. The van der Waals surface area contributed by atoms with Crippen molar-refractivity contribution < 1.29 is 37.4 Å². The fraction of sp³-hybridized carbons (Fsp3) is 0.300. The number of carbonyl (C=O) groups excluding carboxylic acids is 2. The van der Waals surface area contributed by atoms with E-state index in [1.165, 1.54) is 42.3 Å². The van der Waals surface area contributed by atoms with Crippen molar-refractivity contribution in [3.63, 3.8) is 0 Å². The minimum atomic E-state index is -4.96. The van der Waals surface area contributed by atoms with Gasteiger partial charge in [0.15, 0.2) is 0 Å². The molecule has 41 heavy (non-hydrogen) atoms. The molecule has 3 aromatic carbocycles. The van der Waals surface area contributed by atoms with Gasteiger partial charge >= 0.3 is 18.2 Å². The number of benzene rings is 3. The molecule has 0 heterocycles. The lowest BCUT2D eigenvalue weighted by atomic mass is 10.1. The van der Waals surface area contributed by atoms with Crippen LogP contribution in [-0.4, -0.2) is 34.2 Å². The molecular weight excluding hydrogens is 605 g/mol. The van der Waals surface area contributed by atoms with Crippen LogP contribution in [0.1, 0.15) is 58.8 Å². The molecule has 0 saturated carbocycles. The fourth-order valence-corrected chi connectivity index (χ4v) is 4.61. The Morgan fingerprint density at radius 1 is 0.927 bits per heavy atom. The van der Waals surface area contributed by atoms with Crippen LogP contribution >= 0.6 is 15.9 Å². The first kappa shape index (κ1) is 31.7. The number of unbranched alkanes of at least 4 members (excludes halogenated alkanes) is 2. The molecule has 218 valence electrons. The van der Waals surface area contributed by atoms with Crippen LogP contribution in [0.3, 0.4) is 0 Å². The molecule has 0 saturated heterocycles. The van der Waals surface area contributed by atoms with Gasteiger partial charge in [0, 0.05) is 28.7 Å². The molecule has 0 aliphatic heterocycles. The summed E-state index contributed by atoms with van der Waals surface area (Å²) in [5.74, 6) is -3.95. The molecule has 7 nitrogen and oxygen atoms in total. The molecule has 0 atom stereocenters. The smallest absolute Gasteiger partial charge is 0.474 e. The minimum Gasteiger partial charge on any atom is -0.474 e. The Bertz CT molecular complexity index is 1360. The molecule has 11 heteroatoms. The Balaban J connectivity index is 1.68. The monoisotopic (exact) mass is 634 g/mol. The maximum Gasteiger partial charge on any atom is 0.573 e. The predicted octanol–water partition coefficient (Wildman–Crippen LogP) is 6.62. The second-order valence-corrected chi connectivity index (χ2v) is 10.2. The summed E-state index contributed by atoms with van der Waals surface area (Å²) < 4.78 is 42.9. The molecule has 2 N–H and O–H groups in total. The molecule has 0 spiro atoms. The Labute approximate surface area is 244 Å². The molecule has 3 rings (SSSR count). The Hall–Kier alpha value is -3.86. The number of nitrogens with one attached hydrogen (secondary N) is 1. The van der Waals surface area contributed by atoms with Crippen molar-refractivity contribution in [2.75, 3.05) is 0 Å². The lowest BCUT2D eigenvalue weighted by Gasteiger charge is -2.23. The van der Waals surface area contributed by atoms with Crippen molar-refractivity contribution in [1.82, 2.24) is 10.2 Å². The molecule has 0 unspecified atom stereocenters. The van der Waals surface area contributed by atoms with Crippen molar-refractivity contribution in [3.05, 3.63) is 99.0 Å². The highest BCUT2D eigenvalue weighted by molar-refractivity contribution is 9.10. The number of hydrogen-bond acceptors (Lipinski definition) is 4. The number of hydrogen-bond donors (Lipinski definition) is 2. The van der Waals surface area contributed by atoms with Gasteiger partial charge in [0.25, 0.3) is 5.91 Å². The number of amides is 2. The van der Waals surface area contributed by atoms with Gasteiger partial charge in [-0.1, -0.05) is 84.2 Å². The largest absolute Gasteiger partial charge is 0.573 e. The van der Waals surface area contributed by atoms with Gasteiger partial charge in [-0.05, 0) is 47.7 Å². The highest BCUT2D eigenvalue weighted by Crippen LogP contribution is 2.28. The molecule has 0 radical (unpaired) electrons. The summed E-state index contributed by atoms with van der Waals surface area (Å²) in [5.41, 5.74) is 2.95. The Kier molecular flexibility index (Phi) is 11.3. The normalized spacial score (nSPS) is 11.1. The van der Waals surface area contributed by atoms with E-state index in [2.05, 4.69) is 45.0 Å². The van der Waals surface area contributed by atoms with Crippen LogP contribution in [0.5, 0.6) is 5.75 Å². The summed E-state index contributed by atoms with van der Waals surface area (Å²) in [6.45, 7) is 1.78. The number of carboxylic acids is 1. The summed E-state index contributed by atoms with van der Waals surface area (Å²) in [7, 11) is 0. The molecule has 2 amide bonds. The zero-order valence-electron chi connectivity index (χ0n) is 22.3. The Morgan fingerprint density at radius 2 is 1.59 bits per heavy atom. The maximum atomic E-state index is 12.8. The van der Waals surface area contributed by atoms with E-state index in [0.717, 1.165) is 35.8 Å². The lowest BCUT2D eigenvalue weighted by molar-refractivity contribution is -0.275. The summed E-state index contributed by atoms with van der Waals surface area (Å²) in [6, 6.07) is 17.8. The van der Waals surface area contributed by atoms with Gasteiger partial charge in [-0.15, -0.1) is 13.2 Å². The molecule has 0 aliphatic carbocycles. The molecule has 0 aliphatic rings. The van der Waals surface area contributed by atoms with Gasteiger partial charge < -0.3 is 20.1 Å². The number of carbonyl (C=O) groups is 3. The number of aliphatic carboxylic acids is 1. The average Bonchev–Trinajstić information content (AvgIpc) is 2.92. The first-order valence-corrected chi connectivity index (χ1v) is 13.8. The van der Waals surface area contributed by atoms with Crippen molar-refractivity contribution in [3.8, 4) is 5.75 Å². The molecular formula is C30H30BrF3N2O5. The summed E-state index contributed by atoms with van der Waals surface area (Å²) in [5, 5.41) is 12.2. The second kappa shape index (κ2) is 14.7.